The van der Waals surface area contributed by atoms with Crippen LogP contribution >= 0.6 is 15.9 Å². The minimum absolute atomic E-state index is 0.00967. The van der Waals surface area contributed by atoms with Gasteiger partial charge in [-0.15, -0.1) is 0 Å². The predicted molar refractivity (Wildman–Crippen MR) is 102 cm³/mol. The molecule has 1 amide bonds. The van der Waals surface area contributed by atoms with Gasteiger partial charge in [0.15, 0.2) is 0 Å². The lowest BCUT2D eigenvalue weighted by Crippen LogP contribution is -2.22. The van der Waals surface area contributed by atoms with Crippen molar-refractivity contribution in [2.45, 2.75) is 6.42 Å². The summed E-state index contributed by atoms with van der Waals surface area (Å²) in [5.41, 5.74) is 3.37. The van der Waals surface area contributed by atoms with E-state index < -0.39 is 0 Å². The maximum atomic E-state index is 12.2. The van der Waals surface area contributed by atoms with Crippen LogP contribution in [0.1, 0.15) is 11.3 Å². The molecule has 0 aliphatic carbocycles. The van der Waals surface area contributed by atoms with Crippen molar-refractivity contribution in [2.75, 3.05) is 7.11 Å². The third kappa shape index (κ3) is 3.97. The van der Waals surface area contributed by atoms with E-state index in [0.29, 0.717) is 22.2 Å². The quantitative estimate of drug-likeness (QED) is 0.494. The first-order valence-electron chi connectivity index (χ1n) is 7.70. The molecule has 2 aromatic carbocycles. The highest BCUT2D eigenvalue weighted by Gasteiger charge is 2.10. The Balaban J connectivity index is 1.73. The Morgan fingerprint density at radius 1 is 1.31 bits per heavy atom. The summed E-state index contributed by atoms with van der Waals surface area (Å²) in [6.07, 6.45) is 1.49. The van der Waals surface area contributed by atoms with Gasteiger partial charge in [-0.2, -0.15) is 10.2 Å². The van der Waals surface area contributed by atoms with Gasteiger partial charge in [-0.1, -0.05) is 34.1 Å². The lowest BCUT2D eigenvalue weighted by Gasteiger charge is -2.05. The summed E-state index contributed by atoms with van der Waals surface area (Å²) in [7, 11) is 1.56. The first kappa shape index (κ1) is 17.8. The number of methoxy groups -OCH3 is 1. The maximum absolute atomic E-state index is 12.2. The Bertz CT molecular complexity index is 1050. The number of nitrogens with zero attached hydrogens (tertiary/aromatic N) is 2. The first-order chi connectivity index (χ1) is 12.6. The lowest BCUT2D eigenvalue weighted by atomic mass is 10.1. The molecule has 8 heteroatoms. The number of fused-ring (bicyclic) bond motifs is 1. The number of carbonyl (C=O) groups excluding carboxylic acids is 1. The average molecular weight is 415 g/mol. The number of ether oxygens (including phenoxy) is 1. The Morgan fingerprint density at radius 2 is 2.08 bits per heavy atom. The second-order valence-electron chi connectivity index (χ2n) is 5.40. The van der Waals surface area contributed by atoms with Gasteiger partial charge in [0.1, 0.15) is 5.75 Å². The molecule has 0 saturated heterocycles. The number of hydrogen-bond donors (Lipinski definition) is 2. The normalized spacial score (nSPS) is 11.0. The van der Waals surface area contributed by atoms with Gasteiger partial charge in [-0.25, -0.2) is 10.5 Å². The van der Waals surface area contributed by atoms with Gasteiger partial charge in [0, 0.05) is 15.4 Å². The van der Waals surface area contributed by atoms with Crippen LogP contribution in [0.15, 0.2) is 56.8 Å². The molecule has 0 fully saturated rings. The minimum atomic E-state index is -0.347. The SMILES string of the molecule is COc1ccc(Br)cc1/C=N\NC(=O)Cc1n[nH]c(=O)c2ccccc12. The standard InChI is InChI=1S/C18H15BrN4O3/c1-26-16-7-6-12(19)8-11(16)10-20-22-17(24)9-15-13-4-2-3-5-14(13)18(25)23-21-15/h2-8,10H,9H2,1H3,(H,22,24)(H,23,25)/b20-10-. The monoisotopic (exact) mass is 414 g/mol. The van der Waals surface area contributed by atoms with Crippen LogP contribution in [0.3, 0.4) is 0 Å². The molecule has 0 radical (unpaired) electrons. The summed E-state index contributed by atoms with van der Waals surface area (Å²) in [6, 6.07) is 12.5. The van der Waals surface area contributed by atoms with E-state index >= 15 is 0 Å². The number of nitrogens with one attached hydrogen (secondary N) is 2. The van der Waals surface area contributed by atoms with Crippen molar-refractivity contribution in [3.05, 3.63) is 68.5 Å². The van der Waals surface area contributed by atoms with Crippen LogP contribution in [0.4, 0.5) is 0 Å². The zero-order chi connectivity index (χ0) is 18.5. The summed E-state index contributed by atoms with van der Waals surface area (Å²) in [4.78, 5) is 23.9. The average Bonchev–Trinajstić information content (AvgIpc) is 2.64. The van der Waals surface area contributed by atoms with Crippen LogP contribution < -0.4 is 15.7 Å². The second-order valence-corrected chi connectivity index (χ2v) is 6.32. The van der Waals surface area contributed by atoms with E-state index in [2.05, 4.69) is 36.7 Å². The van der Waals surface area contributed by atoms with Gasteiger partial charge in [-0.05, 0) is 24.3 Å². The van der Waals surface area contributed by atoms with E-state index in [1.807, 2.05) is 12.1 Å². The van der Waals surface area contributed by atoms with E-state index in [9.17, 15) is 9.59 Å². The molecule has 2 N–H and O–H groups in total. The van der Waals surface area contributed by atoms with Gasteiger partial charge in [0.2, 0.25) is 5.91 Å². The number of H-pyrrole nitrogens is 1. The molecule has 26 heavy (non-hydrogen) atoms. The van der Waals surface area contributed by atoms with Gasteiger partial charge < -0.3 is 4.74 Å². The number of rotatable bonds is 5. The maximum Gasteiger partial charge on any atom is 0.272 e. The lowest BCUT2D eigenvalue weighted by molar-refractivity contribution is -0.120. The van der Waals surface area contributed by atoms with Crippen molar-refractivity contribution in [3.8, 4) is 5.75 Å². The summed E-state index contributed by atoms with van der Waals surface area (Å²) >= 11 is 3.38. The predicted octanol–water partition coefficient (Wildman–Crippen LogP) is 2.39. The number of halogens is 1. The third-order valence-electron chi connectivity index (χ3n) is 3.69. The van der Waals surface area contributed by atoms with Crippen molar-refractivity contribution in [3.63, 3.8) is 0 Å². The van der Waals surface area contributed by atoms with Crippen LogP contribution in [0, 0.1) is 0 Å². The number of carbonyl (C=O) groups is 1. The van der Waals surface area contributed by atoms with Crippen LogP contribution in [-0.4, -0.2) is 29.4 Å². The molecule has 0 atom stereocenters. The number of amides is 1. The molecule has 0 aliphatic rings. The summed E-state index contributed by atoms with van der Waals surface area (Å²) in [6.45, 7) is 0. The Hall–Kier alpha value is -3.00. The highest BCUT2D eigenvalue weighted by atomic mass is 79.9. The molecular formula is C18H15BrN4O3. The number of benzene rings is 2. The van der Waals surface area contributed by atoms with Crippen LogP contribution in [-0.2, 0) is 11.2 Å². The molecule has 1 aromatic heterocycles. The van der Waals surface area contributed by atoms with Crippen LogP contribution in [0.5, 0.6) is 5.75 Å². The summed E-state index contributed by atoms with van der Waals surface area (Å²) in [5.74, 6) is 0.291. The zero-order valence-electron chi connectivity index (χ0n) is 13.8. The number of hydrogen-bond acceptors (Lipinski definition) is 5. The van der Waals surface area contributed by atoms with E-state index in [0.717, 1.165) is 10.0 Å². The molecule has 0 bridgehead atoms. The topological polar surface area (TPSA) is 96.4 Å². The molecule has 0 aliphatic heterocycles. The molecule has 0 spiro atoms. The first-order valence-corrected chi connectivity index (χ1v) is 8.49. The second kappa shape index (κ2) is 7.92. The minimum Gasteiger partial charge on any atom is -0.496 e. The van der Waals surface area contributed by atoms with E-state index in [4.69, 9.17) is 4.74 Å². The summed E-state index contributed by atoms with van der Waals surface area (Å²) < 4.78 is 6.11. The number of hydrazone groups is 1. The fourth-order valence-corrected chi connectivity index (χ4v) is 2.86. The highest BCUT2D eigenvalue weighted by molar-refractivity contribution is 9.10. The zero-order valence-corrected chi connectivity index (χ0v) is 15.4. The van der Waals surface area contributed by atoms with Gasteiger partial charge in [-0.3, -0.25) is 9.59 Å². The Morgan fingerprint density at radius 3 is 2.85 bits per heavy atom. The molecule has 132 valence electrons. The van der Waals surface area contributed by atoms with Crippen molar-refractivity contribution in [2.24, 2.45) is 5.10 Å². The molecule has 7 nitrogen and oxygen atoms in total. The van der Waals surface area contributed by atoms with E-state index in [1.54, 1.807) is 37.4 Å². The fraction of sp³-hybridized carbons (Fsp3) is 0.111. The van der Waals surface area contributed by atoms with Crippen LogP contribution in [0.2, 0.25) is 0 Å². The van der Waals surface area contributed by atoms with Crippen molar-refractivity contribution < 1.29 is 9.53 Å². The van der Waals surface area contributed by atoms with Gasteiger partial charge >= 0.3 is 0 Å². The van der Waals surface area contributed by atoms with Gasteiger partial charge in [0.05, 0.1) is 30.8 Å². The van der Waals surface area contributed by atoms with E-state index in [-0.39, 0.29) is 17.9 Å². The molecule has 1 heterocycles. The highest BCUT2D eigenvalue weighted by Crippen LogP contribution is 2.21. The molecule has 0 saturated carbocycles. The third-order valence-corrected chi connectivity index (χ3v) is 4.18. The molecule has 3 aromatic rings. The van der Waals surface area contributed by atoms with Crippen LogP contribution in [0.25, 0.3) is 10.8 Å². The largest absolute Gasteiger partial charge is 0.496 e. The van der Waals surface area contributed by atoms with E-state index in [1.165, 1.54) is 6.21 Å². The van der Waals surface area contributed by atoms with Gasteiger partial charge in [0.25, 0.3) is 5.56 Å². The number of aromatic amines is 1. The molecule has 3 rings (SSSR count). The van der Waals surface area contributed by atoms with Crippen molar-refractivity contribution >= 4 is 38.8 Å². The summed E-state index contributed by atoms with van der Waals surface area (Å²) in [5, 5.41) is 11.5. The molecule has 0 unspecified atom stereocenters. The Labute approximate surface area is 157 Å². The molecular weight excluding hydrogens is 400 g/mol. The smallest absolute Gasteiger partial charge is 0.272 e. The fourth-order valence-electron chi connectivity index (χ4n) is 2.48. The van der Waals surface area contributed by atoms with Crippen molar-refractivity contribution in [1.82, 2.24) is 15.6 Å². The number of aromatic nitrogens is 2. The van der Waals surface area contributed by atoms with Crippen molar-refractivity contribution in [1.29, 1.82) is 0 Å². The Kier molecular flexibility index (Phi) is 5.43.